The number of aliphatic hydroxyl groups excluding tert-OH is 3. The van der Waals surface area contributed by atoms with Crippen molar-refractivity contribution in [2.75, 3.05) is 6.54 Å². The summed E-state index contributed by atoms with van der Waals surface area (Å²) in [5.41, 5.74) is 1.10. The molecule has 18 heavy (non-hydrogen) atoms. The number of amides is 1. The van der Waals surface area contributed by atoms with Crippen LogP contribution in [0.15, 0.2) is 24.3 Å². The van der Waals surface area contributed by atoms with Crippen molar-refractivity contribution in [2.45, 2.75) is 32.2 Å². The molecule has 0 aliphatic heterocycles. The fourth-order valence-electron chi connectivity index (χ4n) is 1.73. The molecule has 100 valence electrons. The van der Waals surface area contributed by atoms with Gasteiger partial charge in [0.05, 0.1) is 12.7 Å². The SMILES string of the molecule is CC(=O)NCCC(O)C(O)c1ccccc1CO. The van der Waals surface area contributed by atoms with E-state index in [1.165, 1.54) is 6.92 Å². The fourth-order valence-corrected chi connectivity index (χ4v) is 1.73. The number of hydrogen-bond acceptors (Lipinski definition) is 4. The van der Waals surface area contributed by atoms with Gasteiger partial charge < -0.3 is 20.6 Å². The number of rotatable bonds is 6. The maximum absolute atomic E-state index is 10.7. The summed E-state index contributed by atoms with van der Waals surface area (Å²) in [6.45, 7) is 1.50. The lowest BCUT2D eigenvalue weighted by atomic mass is 9.97. The highest BCUT2D eigenvalue weighted by atomic mass is 16.3. The van der Waals surface area contributed by atoms with Crippen LogP contribution in [0.5, 0.6) is 0 Å². The van der Waals surface area contributed by atoms with Crippen LogP contribution >= 0.6 is 0 Å². The van der Waals surface area contributed by atoms with E-state index in [9.17, 15) is 15.0 Å². The second-order valence-electron chi connectivity index (χ2n) is 4.14. The first-order valence-corrected chi connectivity index (χ1v) is 5.85. The molecule has 2 unspecified atom stereocenters. The van der Waals surface area contributed by atoms with Crippen molar-refractivity contribution >= 4 is 5.91 Å². The van der Waals surface area contributed by atoms with Crippen molar-refractivity contribution in [1.29, 1.82) is 0 Å². The van der Waals surface area contributed by atoms with Gasteiger partial charge in [-0.25, -0.2) is 0 Å². The standard InChI is InChI=1S/C13H19NO4/c1-9(16)14-7-6-12(17)13(18)11-5-3-2-4-10(11)8-15/h2-5,12-13,15,17-18H,6-8H2,1H3,(H,14,16). The van der Waals surface area contributed by atoms with Crippen LogP contribution < -0.4 is 5.32 Å². The van der Waals surface area contributed by atoms with Gasteiger partial charge in [0.2, 0.25) is 5.91 Å². The Labute approximate surface area is 106 Å². The smallest absolute Gasteiger partial charge is 0.216 e. The molecule has 0 bridgehead atoms. The highest BCUT2D eigenvalue weighted by molar-refractivity contribution is 5.72. The number of carbonyl (C=O) groups excluding carboxylic acids is 1. The number of nitrogens with one attached hydrogen (secondary N) is 1. The van der Waals surface area contributed by atoms with Gasteiger partial charge in [-0.05, 0) is 17.5 Å². The first-order chi connectivity index (χ1) is 8.56. The van der Waals surface area contributed by atoms with Crippen LogP contribution in [0, 0.1) is 0 Å². The summed E-state index contributed by atoms with van der Waals surface area (Å²) < 4.78 is 0. The molecule has 5 heteroatoms. The zero-order valence-electron chi connectivity index (χ0n) is 10.3. The molecule has 2 atom stereocenters. The Morgan fingerprint density at radius 2 is 2.00 bits per heavy atom. The average Bonchev–Trinajstić information content (AvgIpc) is 2.37. The third-order valence-corrected chi connectivity index (χ3v) is 2.72. The summed E-state index contributed by atoms with van der Waals surface area (Å²) in [4.78, 5) is 10.7. The molecule has 0 aliphatic rings. The molecular weight excluding hydrogens is 234 g/mol. The molecule has 4 N–H and O–H groups in total. The van der Waals surface area contributed by atoms with Crippen LogP contribution in [0.1, 0.15) is 30.6 Å². The van der Waals surface area contributed by atoms with E-state index >= 15 is 0 Å². The van der Waals surface area contributed by atoms with Gasteiger partial charge in [-0.1, -0.05) is 24.3 Å². The van der Waals surface area contributed by atoms with Gasteiger partial charge in [-0.15, -0.1) is 0 Å². The summed E-state index contributed by atoms with van der Waals surface area (Å²) >= 11 is 0. The van der Waals surface area contributed by atoms with Crippen molar-refractivity contribution in [3.63, 3.8) is 0 Å². The molecule has 0 saturated carbocycles. The van der Waals surface area contributed by atoms with Crippen molar-refractivity contribution in [1.82, 2.24) is 5.32 Å². The van der Waals surface area contributed by atoms with E-state index in [0.717, 1.165) is 0 Å². The lowest BCUT2D eigenvalue weighted by molar-refractivity contribution is -0.119. The quantitative estimate of drug-likeness (QED) is 0.579. The molecule has 0 saturated heterocycles. The summed E-state index contributed by atoms with van der Waals surface area (Å²) in [5, 5.41) is 31.5. The molecule has 0 spiro atoms. The Morgan fingerprint density at radius 1 is 1.33 bits per heavy atom. The molecule has 0 fully saturated rings. The predicted molar refractivity (Wildman–Crippen MR) is 66.6 cm³/mol. The monoisotopic (exact) mass is 253 g/mol. The number of benzene rings is 1. The van der Waals surface area contributed by atoms with Crippen LogP contribution in [-0.4, -0.2) is 33.9 Å². The summed E-state index contributed by atoms with van der Waals surface area (Å²) in [5.74, 6) is -0.174. The summed E-state index contributed by atoms with van der Waals surface area (Å²) in [6.07, 6.45) is -1.80. The molecule has 1 aromatic carbocycles. The molecule has 5 nitrogen and oxygen atoms in total. The topological polar surface area (TPSA) is 89.8 Å². The van der Waals surface area contributed by atoms with E-state index < -0.39 is 12.2 Å². The van der Waals surface area contributed by atoms with Crippen LogP contribution in [0.4, 0.5) is 0 Å². The number of aliphatic hydroxyl groups is 3. The Hall–Kier alpha value is -1.43. The molecule has 1 rings (SSSR count). The third kappa shape index (κ3) is 4.10. The molecule has 1 amide bonds. The Bertz CT molecular complexity index is 394. The zero-order valence-corrected chi connectivity index (χ0v) is 10.3. The normalized spacial score (nSPS) is 14.0. The number of carbonyl (C=O) groups is 1. The van der Waals surface area contributed by atoms with E-state index in [1.54, 1.807) is 24.3 Å². The molecule has 0 aromatic heterocycles. The second-order valence-corrected chi connectivity index (χ2v) is 4.14. The van der Waals surface area contributed by atoms with Crippen LogP contribution in [-0.2, 0) is 11.4 Å². The van der Waals surface area contributed by atoms with Gasteiger partial charge in [-0.2, -0.15) is 0 Å². The van der Waals surface area contributed by atoms with E-state index in [0.29, 0.717) is 17.7 Å². The van der Waals surface area contributed by atoms with Gasteiger partial charge >= 0.3 is 0 Å². The Balaban J connectivity index is 2.62. The first kappa shape index (κ1) is 14.6. The molecule has 0 radical (unpaired) electrons. The van der Waals surface area contributed by atoms with Gasteiger partial charge in [-0.3, -0.25) is 4.79 Å². The lowest BCUT2D eigenvalue weighted by Gasteiger charge is -2.20. The fraction of sp³-hybridized carbons (Fsp3) is 0.462. The van der Waals surface area contributed by atoms with E-state index in [1.807, 2.05) is 0 Å². The number of hydrogen-bond donors (Lipinski definition) is 4. The van der Waals surface area contributed by atoms with E-state index in [4.69, 9.17) is 5.11 Å². The molecular formula is C13H19NO4. The lowest BCUT2D eigenvalue weighted by Crippen LogP contribution is -2.28. The summed E-state index contributed by atoms with van der Waals surface area (Å²) in [6, 6.07) is 6.85. The van der Waals surface area contributed by atoms with Crippen LogP contribution in [0.2, 0.25) is 0 Å². The van der Waals surface area contributed by atoms with E-state index in [2.05, 4.69) is 5.32 Å². The minimum atomic E-state index is -1.07. The Morgan fingerprint density at radius 3 is 2.61 bits per heavy atom. The average molecular weight is 253 g/mol. The van der Waals surface area contributed by atoms with Gasteiger partial charge in [0.25, 0.3) is 0 Å². The van der Waals surface area contributed by atoms with Gasteiger partial charge in [0.1, 0.15) is 6.10 Å². The minimum Gasteiger partial charge on any atom is -0.392 e. The highest BCUT2D eigenvalue weighted by Gasteiger charge is 2.20. The first-order valence-electron chi connectivity index (χ1n) is 5.85. The van der Waals surface area contributed by atoms with Crippen LogP contribution in [0.25, 0.3) is 0 Å². The predicted octanol–water partition coefficient (Wildman–Crippen LogP) is 0.0994. The van der Waals surface area contributed by atoms with E-state index in [-0.39, 0.29) is 18.9 Å². The molecule has 0 heterocycles. The van der Waals surface area contributed by atoms with Crippen molar-refractivity contribution < 1.29 is 20.1 Å². The van der Waals surface area contributed by atoms with Crippen molar-refractivity contribution in [3.05, 3.63) is 35.4 Å². The second kappa shape index (κ2) is 7.10. The molecule has 1 aromatic rings. The minimum absolute atomic E-state index is 0.174. The van der Waals surface area contributed by atoms with Crippen molar-refractivity contribution in [3.8, 4) is 0 Å². The van der Waals surface area contributed by atoms with Crippen molar-refractivity contribution in [2.24, 2.45) is 0 Å². The maximum atomic E-state index is 10.7. The summed E-state index contributed by atoms with van der Waals surface area (Å²) in [7, 11) is 0. The van der Waals surface area contributed by atoms with Gasteiger partial charge in [0, 0.05) is 13.5 Å². The molecule has 0 aliphatic carbocycles. The van der Waals surface area contributed by atoms with Gasteiger partial charge in [0.15, 0.2) is 0 Å². The largest absolute Gasteiger partial charge is 0.392 e. The Kier molecular flexibility index (Phi) is 5.77. The van der Waals surface area contributed by atoms with Crippen LogP contribution in [0.3, 0.4) is 0 Å². The highest BCUT2D eigenvalue weighted by Crippen LogP contribution is 2.22. The third-order valence-electron chi connectivity index (χ3n) is 2.72. The maximum Gasteiger partial charge on any atom is 0.216 e. The zero-order chi connectivity index (χ0) is 13.5.